The average molecular weight is 197 g/mol. The molecular weight excluding hydrogens is 174 g/mol. The molecule has 82 valence electrons. The van der Waals surface area contributed by atoms with E-state index in [-0.39, 0.29) is 0 Å². The minimum absolute atomic E-state index is 0.817. The second kappa shape index (κ2) is 8.79. The van der Waals surface area contributed by atoms with Gasteiger partial charge in [-0.1, -0.05) is 26.7 Å². The number of nitrogens with zero attached hydrogens (tertiary/aromatic N) is 1. The van der Waals surface area contributed by atoms with Crippen molar-refractivity contribution in [3.63, 3.8) is 0 Å². The summed E-state index contributed by atoms with van der Waals surface area (Å²) in [5.74, 6) is 0. The van der Waals surface area contributed by atoms with Gasteiger partial charge in [0.2, 0.25) is 0 Å². The Labute approximate surface area is 88.0 Å². The van der Waals surface area contributed by atoms with E-state index in [2.05, 4.69) is 18.7 Å². The number of aldehydes is 1. The minimum atomic E-state index is 0.817. The maximum absolute atomic E-state index is 10.5. The standard InChI is InChI=1S/C12H23NO/c1-4-6-8-13(9-7-5-2)10-12(3)11-14/h10-11H,4-9H2,1-3H3. The molecule has 0 aromatic carbocycles. The Morgan fingerprint density at radius 3 is 2.00 bits per heavy atom. The summed E-state index contributed by atoms with van der Waals surface area (Å²) in [6, 6.07) is 0. The van der Waals surface area contributed by atoms with Crippen molar-refractivity contribution in [1.29, 1.82) is 0 Å². The van der Waals surface area contributed by atoms with Crippen LogP contribution in [0.4, 0.5) is 0 Å². The smallest absolute Gasteiger partial charge is 0.147 e. The first kappa shape index (κ1) is 13.2. The molecule has 0 atom stereocenters. The lowest BCUT2D eigenvalue weighted by Crippen LogP contribution is -2.20. The van der Waals surface area contributed by atoms with Crippen molar-refractivity contribution in [3.8, 4) is 0 Å². The molecule has 0 aliphatic carbocycles. The van der Waals surface area contributed by atoms with Crippen LogP contribution in [0.3, 0.4) is 0 Å². The zero-order valence-electron chi connectivity index (χ0n) is 9.75. The molecule has 0 rings (SSSR count). The van der Waals surface area contributed by atoms with Crippen LogP contribution in [0.5, 0.6) is 0 Å². The molecule has 0 bridgehead atoms. The first-order valence-electron chi connectivity index (χ1n) is 5.62. The first-order valence-corrected chi connectivity index (χ1v) is 5.62. The van der Waals surface area contributed by atoms with Crippen molar-refractivity contribution >= 4 is 6.29 Å². The molecule has 0 N–H and O–H groups in total. The minimum Gasteiger partial charge on any atom is -0.377 e. The fraction of sp³-hybridized carbons (Fsp3) is 0.750. The molecule has 0 aliphatic heterocycles. The number of unbranched alkanes of at least 4 members (excludes halogenated alkanes) is 2. The van der Waals surface area contributed by atoms with Crippen molar-refractivity contribution in [1.82, 2.24) is 4.90 Å². The topological polar surface area (TPSA) is 20.3 Å². The van der Waals surface area contributed by atoms with E-state index < -0.39 is 0 Å². The van der Waals surface area contributed by atoms with Crippen LogP contribution >= 0.6 is 0 Å². The highest BCUT2D eigenvalue weighted by atomic mass is 16.1. The maximum atomic E-state index is 10.5. The lowest BCUT2D eigenvalue weighted by molar-refractivity contribution is -0.104. The number of rotatable bonds is 8. The van der Waals surface area contributed by atoms with E-state index in [1.54, 1.807) is 0 Å². The van der Waals surface area contributed by atoms with Crippen LogP contribution in [0.1, 0.15) is 46.5 Å². The van der Waals surface area contributed by atoms with Crippen LogP contribution in [0.25, 0.3) is 0 Å². The van der Waals surface area contributed by atoms with Gasteiger partial charge in [-0.15, -0.1) is 0 Å². The monoisotopic (exact) mass is 197 g/mol. The SMILES string of the molecule is CCCCN(C=C(C)C=O)CCCC. The van der Waals surface area contributed by atoms with E-state index in [9.17, 15) is 4.79 Å². The van der Waals surface area contributed by atoms with Crippen molar-refractivity contribution in [2.24, 2.45) is 0 Å². The van der Waals surface area contributed by atoms with Crippen molar-refractivity contribution in [3.05, 3.63) is 11.8 Å². The summed E-state index contributed by atoms with van der Waals surface area (Å²) in [6.07, 6.45) is 7.72. The Hall–Kier alpha value is -0.790. The predicted molar refractivity (Wildman–Crippen MR) is 61.2 cm³/mol. The lowest BCUT2D eigenvalue weighted by Gasteiger charge is -2.20. The third kappa shape index (κ3) is 6.70. The van der Waals surface area contributed by atoms with Gasteiger partial charge in [0.05, 0.1) is 0 Å². The van der Waals surface area contributed by atoms with Crippen molar-refractivity contribution in [2.75, 3.05) is 13.1 Å². The van der Waals surface area contributed by atoms with Crippen LogP contribution in [0.2, 0.25) is 0 Å². The molecule has 0 radical (unpaired) electrons. The zero-order chi connectivity index (χ0) is 10.8. The van der Waals surface area contributed by atoms with Gasteiger partial charge >= 0.3 is 0 Å². The fourth-order valence-electron chi connectivity index (χ4n) is 1.28. The Balaban J connectivity index is 4.01. The van der Waals surface area contributed by atoms with Crippen LogP contribution in [0.15, 0.2) is 11.8 Å². The van der Waals surface area contributed by atoms with Gasteiger partial charge < -0.3 is 4.90 Å². The first-order chi connectivity index (χ1) is 6.74. The molecule has 0 fully saturated rings. The normalized spacial score (nSPS) is 11.5. The molecule has 0 saturated carbocycles. The van der Waals surface area contributed by atoms with E-state index >= 15 is 0 Å². The molecule has 14 heavy (non-hydrogen) atoms. The van der Waals surface area contributed by atoms with Gasteiger partial charge in [-0.2, -0.15) is 0 Å². The molecule has 0 aromatic heterocycles. The van der Waals surface area contributed by atoms with Crippen LogP contribution in [-0.2, 0) is 4.79 Å². The summed E-state index contributed by atoms with van der Waals surface area (Å²) >= 11 is 0. The molecule has 0 saturated heterocycles. The van der Waals surface area contributed by atoms with Gasteiger partial charge in [-0.3, -0.25) is 4.79 Å². The molecule has 0 unspecified atom stereocenters. The summed E-state index contributed by atoms with van der Waals surface area (Å²) in [7, 11) is 0. The molecule has 0 heterocycles. The van der Waals surface area contributed by atoms with Crippen LogP contribution in [-0.4, -0.2) is 24.3 Å². The summed E-state index contributed by atoms with van der Waals surface area (Å²) in [5.41, 5.74) is 0.817. The lowest BCUT2D eigenvalue weighted by atomic mass is 10.2. The highest BCUT2D eigenvalue weighted by Crippen LogP contribution is 2.02. The van der Waals surface area contributed by atoms with Crippen molar-refractivity contribution in [2.45, 2.75) is 46.5 Å². The van der Waals surface area contributed by atoms with Gasteiger partial charge in [0.15, 0.2) is 0 Å². The third-order valence-corrected chi connectivity index (χ3v) is 2.17. The Morgan fingerprint density at radius 2 is 1.64 bits per heavy atom. The second-order valence-corrected chi connectivity index (χ2v) is 3.73. The quantitative estimate of drug-likeness (QED) is 0.440. The highest BCUT2D eigenvalue weighted by Gasteiger charge is 1.98. The fourth-order valence-corrected chi connectivity index (χ4v) is 1.28. The molecular formula is C12H23NO. The number of hydrogen-bond donors (Lipinski definition) is 0. The highest BCUT2D eigenvalue weighted by molar-refractivity contribution is 5.71. The number of carbonyl (C=O) groups excluding carboxylic acids is 1. The number of hydrogen-bond acceptors (Lipinski definition) is 2. The van der Waals surface area contributed by atoms with Gasteiger partial charge in [-0.25, -0.2) is 0 Å². The van der Waals surface area contributed by atoms with E-state index in [4.69, 9.17) is 0 Å². The maximum Gasteiger partial charge on any atom is 0.147 e. The van der Waals surface area contributed by atoms with E-state index in [1.807, 2.05) is 13.1 Å². The predicted octanol–water partition coefficient (Wildman–Crippen LogP) is 2.99. The molecule has 0 spiro atoms. The van der Waals surface area contributed by atoms with E-state index in [0.717, 1.165) is 24.9 Å². The van der Waals surface area contributed by atoms with Gasteiger partial charge in [0, 0.05) is 24.9 Å². The van der Waals surface area contributed by atoms with Gasteiger partial charge in [0.25, 0.3) is 0 Å². The molecule has 2 heteroatoms. The Bertz CT molecular complexity index is 167. The molecule has 2 nitrogen and oxygen atoms in total. The van der Waals surface area contributed by atoms with Gasteiger partial charge in [-0.05, 0) is 19.8 Å². The van der Waals surface area contributed by atoms with Crippen molar-refractivity contribution < 1.29 is 4.79 Å². The Morgan fingerprint density at radius 1 is 1.14 bits per heavy atom. The molecule has 0 aromatic rings. The molecule has 0 aliphatic rings. The molecule has 0 amide bonds. The number of allylic oxidation sites excluding steroid dienone is 1. The third-order valence-electron chi connectivity index (χ3n) is 2.17. The van der Waals surface area contributed by atoms with Crippen LogP contribution < -0.4 is 0 Å². The second-order valence-electron chi connectivity index (χ2n) is 3.73. The Kier molecular flexibility index (Phi) is 8.30. The zero-order valence-corrected chi connectivity index (χ0v) is 9.75. The van der Waals surface area contributed by atoms with E-state index in [1.165, 1.54) is 25.7 Å². The van der Waals surface area contributed by atoms with Crippen LogP contribution in [0, 0.1) is 0 Å². The largest absolute Gasteiger partial charge is 0.377 e. The summed E-state index contributed by atoms with van der Waals surface area (Å²) in [5, 5.41) is 0. The van der Waals surface area contributed by atoms with Gasteiger partial charge in [0.1, 0.15) is 6.29 Å². The number of carbonyl (C=O) groups is 1. The summed E-state index contributed by atoms with van der Waals surface area (Å²) in [6.45, 7) is 8.38. The average Bonchev–Trinajstić information content (AvgIpc) is 2.21. The van der Waals surface area contributed by atoms with E-state index in [0.29, 0.717) is 0 Å². The summed E-state index contributed by atoms with van der Waals surface area (Å²) in [4.78, 5) is 12.8. The summed E-state index contributed by atoms with van der Waals surface area (Å²) < 4.78 is 0.